The third kappa shape index (κ3) is 3.20. The van der Waals surface area contributed by atoms with Gasteiger partial charge in [0.1, 0.15) is 6.04 Å². The summed E-state index contributed by atoms with van der Waals surface area (Å²) in [5, 5.41) is 0. The molecule has 2 atom stereocenters. The maximum atomic E-state index is 12.0. The number of rotatable bonds is 4. The summed E-state index contributed by atoms with van der Waals surface area (Å²) in [6, 6.07) is 7.55. The van der Waals surface area contributed by atoms with Crippen molar-refractivity contribution in [1.82, 2.24) is 4.90 Å². The van der Waals surface area contributed by atoms with E-state index in [4.69, 9.17) is 4.74 Å². The van der Waals surface area contributed by atoms with E-state index < -0.39 is 6.04 Å². The molecule has 1 aliphatic rings. The van der Waals surface area contributed by atoms with E-state index in [1.165, 1.54) is 7.11 Å². The van der Waals surface area contributed by atoms with Gasteiger partial charge in [-0.3, -0.25) is 4.79 Å². The Bertz CT molecular complexity index is 500. The van der Waals surface area contributed by atoms with E-state index in [9.17, 15) is 9.59 Å². The van der Waals surface area contributed by atoms with Gasteiger partial charge in [0.05, 0.1) is 7.11 Å². The van der Waals surface area contributed by atoms with Crippen LogP contribution in [0.4, 0.5) is 0 Å². The molecular weight excluding hydrogens is 322 g/mol. The largest absolute Gasteiger partial charge is 0.467 e. The van der Waals surface area contributed by atoms with Crippen LogP contribution in [-0.2, 0) is 20.7 Å². The van der Waals surface area contributed by atoms with Crippen molar-refractivity contribution >= 4 is 27.8 Å². The third-order valence-electron chi connectivity index (χ3n) is 3.65. The number of likely N-dealkylation sites (tertiary alicyclic amines) is 1. The Hall–Kier alpha value is -1.36. The van der Waals surface area contributed by atoms with Crippen molar-refractivity contribution in [2.45, 2.75) is 38.3 Å². The van der Waals surface area contributed by atoms with Gasteiger partial charge in [0.25, 0.3) is 0 Å². The molecule has 0 aliphatic carbocycles. The second-order valence-corrected chi connectivity index (χ2v) is 5.97. The Morgan fingerprint density at radius 1 is 1.45 bits per heavy atom. The Kier molecular flexibility index (Phi) is 4.81. The first kappa shape index (κ1) is 15.0. The molecule has 0 aromatic heterocycles. The lowest BCUT2D eigenvalue weighted by atomic mass is 10.1. The van der Waals surface area contributed by atoms with Crippen LogP contribution in [0.15, 0.2) is 28.7 Å². The summed E-state index contributed by atoms with van der Waals surface area (Å²) < 4.78 is 5.82. The SMILES string of the molecule is COC(=O)C1CCC(=O)N1C(C)Cc1ccc(Br)cc1. The lowest BCUT2D eigenvalue weighted by Crippen LogP contribution is -2.45. The second kappa shape index (κ2) is 6.39. The summed E-state index contributed by atoms with van der Waals surface area (Å²) in [4.78, 5) is 25.4. The number of carbonyl (C=O) groups excluding carboxylic acids is 2. The van der Waals surface area contributed by atoms with E-state index in [0.717, 1.165) is 16.5 Å². The molecule has 1 heterocycles. The van der Waals surface area contributed by atoms with Gasteiger partial charge in [0.15, 0.2) is 0 Å². The van der Waals surface area contributed by atoms with E-state index in [1.807, 2.05) is 31.2 Å². The number of amides is 1. The van der Waals surface area contributed by atoms with Gasteiger partial charge in [0.2, 0.25) is 5.91 Å². The minimum atomic E-state index is -0.432. The van der Waals surface area contributed by atoms with Gasteiger partial charge in [-0.05, 0) is 37.5 Å². The van der Waals surface area contributed by atoms with Crippen molar-refractivity contribution < 1.29 is 14.3 Å². The van der Waals surface area contributed by atoms with Gasteiger partial charge in [-0.25, -0.2) is 4.79 Å². The molecule has 1 saturated heterocycles. The van der Waals surface area contributed by atoms with Crippen molar-refractivity contribution in [3.8, 4) is 0 Å². The van der Waals surface area contributed by atoms with Crippen LogP contribution >= 0.6 is 15.9 Å². The number of esters is 1. The molecule has 1 aliphatic heterocycles. The predicted molar refractivity (Wildman–Crippen MR) is 79.2 cm³/mol. The van der Waals surface area contributed by atoms with Crippen molar-refractivity contribution in [2.75, 3.05) is 7.11 Å². The van der Waals surface area contributed by atoms with Crippen LogP contribution in [0.25, 0.3) is 0 Å². The number of ether oxygens (including phenoxy) is 1. The first-order valence-electron chi connectivity index (χ1n) is 6.66. The monoisotopic (exact) mass is 339 g/mol. The molecule has 1 aromatic carbocycles. The Morgan fingerprint density at radius 2 is 2.10 bits per heavy atom. The molecule has 1 aromatic rings. The van der Waals surface area contributed by atoms with Crippen LogP contribution in [-0.4, -0.2) is 36.0 Å². The highest BCUT2D eigenvalue weighted by Gasteiger charge is 2.39. The zero-order valence-electron chi connectivity index (χ0n) is 11.6. The van der Waals surface area contributed by atoms with E-state index in [2.05, 4.69) is 15.9 Å². The normalized spacial score (nSPS) is 20.1. The average molecular weight is 340 g/mol. The fourth-order valence-electron chi connectivity index (χ4n) is 2.68. The Labute approximate surface area is 127 Å². The molecule has 1 fully saturated rings. The summed E-state index contributed by atoms with van der Waals surface area (Å²) in [6.07, 6.45) is 1.70. The predicted octanol–water partition coefficient (Wildman–Crippen LogP) is 2.54. The van der Waals surface area contributed by atoms with Gasteiger partial charge < -0.3 is 9.64 Å². The lowest BCUT2D eigenvalue weighted by Gasteiger charge is -2.29. The molecule has 108 valence electrons. The van der Waals surface area contributed by atoms with E-state index in [1.54, 1.807) is 4.90 Å². The molecule has 0 spiro atoms. The minimum Gasteiger partial charge on any atom is -0.467 e. The molecule has 1 amide bonds. The van der Waals surface area contributed by atoms with Crippen LogP contribution in [0.1, 0.15) is 25.3 Å². The summed E-state index contributed by atoms with van der Waals surface area (Å²) in [5.74, 6) is -0.288. The zero-order chi connectivity index (χ0) is 14.7. The van der Waals surface area contributed by atoms with Gasteiger partial charge in [-0.1, -0.05) is 28.1 Å². The number of hydrogen-bond donors (Lipinski definition) is 0. The summed E-state index contributed by atoms with van der Waals surface area (Å²) in [5.41, 5.74) is 1.14. The third-order valence-corrected chi connectivity index (χ3v) is 4.18. The van der Waals surface area contributed by atoms with Crippen molar-refractivity contribution in [2.24, 2.45) is 0 Å². The van der Waals surface area contributed by atoms with Gasteiger partial charge >= 0.3 is 5.97 Å². The number of nitrogens with zero attached hydrogens (tertiary/aromatic N) is 1. The van der Waals surface area contributed by atoms with E-state index >= 15 is 0 Å². The van der Waals surface area contributed by atoms with Crippen molar-refractivity contribution in [1.29, 1.82) is 0 Å². The highest BCUT2D eigenvalue weighted by molar-refractivity contribution is 9.10. The van der Waals surface area contributed by atoms with Crippen LogP contribution in [0.2, 0.25) is 0 Å². The fraction of sp³-hybridized carbons (Fsp3) is 0.467. The number of halogens is 1. The van der Waals surface area contributed by atoms with E-state index in [0.29, 0.717) is 12.8 Å². The summed E-state index contributed by atoms with van der Waals surface area (Å²) >= 11 is 3.40. The number of benzene rings is 1. The smallest absolute Gasteiger partial charge is 0.328 e. The highest BCUT2D eigenvalue weighted by Crippen LogP contribution is 2.24. The molecule has 0 N–H and O–H groups in total. The topological polar surface area (TPSA) is 46.6 Å². The molecule has 20 heavy (non-hydrogen) atoms. The first-order valence-corrected chi connectivity index (χ1v) is 7.45. The van der Waals surface area contributed by atoms with Gasteiger partial charge in [-0.2, -0.15) is 0 Å². The number of hydrogen-bond acceptors (Lipinski definition) is 3. The van der Waals surface area contributed by atoms with Crippen molar-refractivity contribution in [3.05, 3.63) is 34.3 Å². The fourth-order valence-corrected chi connectivity index (χ4v) is 2.95. The van der Waals surface area contributed by atoms with Crippen LogP contribution in [0.5, 0.6) is 0 Å². The quantitative estimate of drug-likeness (QED) is 0.792. The van der Waals surface area contributed by atoms with Crippen LogP contribution in [0.3, 0.4) is 0 Å². The minimum absolute atomic E-state index is 0.0183. The highest BCUT2D eigenvalue weighted by atomic mass is 79.9. The number of methoxy groups -OCH3 is 1. The molecular formula is C15H18BrNO3. The average Bonchev–Trinajstić information content (AvgIpc) is 2.82. The molecule has 2 rings (SSSR count). The Morgan fingerprint density at radius 3 is 2.70 bits per heavy atom. The molecule has 0 radical (unpaired) electrons. The summed E-state index contributed by atoms with van der Waals surface area (Å²) in [7, 11) is 1.36. The zero-order valence-corrected chi connectivity index (χ0v) is 13.2. The lowest BCUT2D eigenvalue weighted by molar-refractivity contribution is -0.150. The van der Waals surface area contributed by atoms with Gasteiger partial charge in [0, 0.05) is 16.9 Å². The van der Waals surface area contributed by atoms with Crippen molar-refractivity contribution in [3.63, 3.8) is 0 Å². The van der Waals surface area contributed by atoms with Gasteiger partial charge in [-0.15, -0.1) is 0 Å². The molecule has 2 unspecified atom stereocenters. The Balaban J connectivity index is 2.09. The first-order chi connectivity index (χ1) is 9.52. The standard InChI is InChI=1S/C15H18BrNO3/c1-10(9-11-3-5-12(16)6-4-11)17-13(15(19)20-2)7-8-14(17)18/h3-6,10,13H,7-9H2,1-2H3. The molecule has 4 nitrogen and oxygen atoms in total. The van der Waals surface area contributed by atoms with Crippen LogP contribution in [0, 0.1) is 0 Å². The second-order valence-electron chi connectivity index (χ2n) is 5.06. The van der Waals surface area contributed by atoms with Crippen LogP contribution < -0.4 is 0 Å². The van der Waals surface area contributed by atoms with E-state index in [-0.39, 0.29) is 17.9 Å². The molecule has 5 heteroatoms. The molecule has 0 saturated carbocycles. The maximum absolute atomic E-state index is 12.0. The summed E-state index contributed by atoms with van der Waals surface area (Å²) in [6.45, 7) is 1.97. The maximum Gasteiger partial charge on any atom is 0.328 e. The molecule has 0 bridgehead atoms. The number of carbonyl (C=O) groups is 2.